The summed E-state index contributed by atoms with van der Waals surface area (Å²) in [5, 5.41) is 0. The molecule has 1 aromatic rings. The van der Waals surface area contributed by atoms with E-state index in [0.717, 1.165) is 19.3 Å². The lowest BCUT2D eigenvalue weighted by Gasteiger charge is -2.55. The first-order valence-electron chi connectivity index (χ1n) is 9.77. The Kier molecular flexibility index (Phi) is 4.70. The van der Waals surface area contributed by atoms with Gasteiger partial charge >= 0.3 is 5.97 Å². The van der Waals surface area contributed by atoms with E-state index in [9.17, 15) is 19.2 Å². The van der Waals surface area contributed by atoms with Gasteiger partial charge in [0.1, 0.15) is 0 Å². The third-order valence-electron chi connectivity index (χ3n) is 6.61. The standard InChI is InChI=1S/C22H24O5/c23-18(17-4-2-1-3-5-17)9-19(24)21(26)27-13-20(25)22-10-14-6-15(11-22)8-16(7-14)12-22/h1-5,14-16H,6-13H2. The maximum absolute atomic E-state index is 12.8. The number of ketones is 3. The van der Waals surface area contributed by atoms with Gasteiger partial charge in [-0.3, -0.25) is 14.4 Å². The van der Waals surface area contributed by atoms with Crippen LogP contribution in [0.5, 0.6) is 0 Å². The van der Waals surface area contributed by atoms with Crippen LogP contribution in [-0.4, -0.2) is 29.9 Å². The van der Waals surface area contributed by atoms with Crippen LogP contribution in [-0.2, 0) is 19.1 Å². The summed E-state index contributed by atoms with van der Waals surface area (Å²) in [6.45, 7) is -0.351. The lowest BCUT2D eigenvalue weighted by Crippen LogP contribution is -2.51. The van der Waals surface area contributed by atoms with Crippen molar-refractivity contribution < 1.29 is 23.9 Å². The van der Waals surface area contributed by atoms with Crippen molar-refractivity contribution in [3.8, 4) is 0 Å². The van der Waals surface area contributed by atoms with Crippen LogP contribution < -0.4 is 0 Å². The fourth-order valence-electron chi connectivity index (χ4n) is 5.76. The van der Waals surface area contributed by atoms with Gasteiger partial charge in [-0.2, -0.15) is 0 Å². The molecule has 0 heterocycles. The summed E-state index contributed by atoms with van der Waals surface area (Å²) in [4.78, 5) is 48.8. The van der Waals surface area contributed by atoms with Crippen molar-refractivity contribution in [2.45, 2.75) is 44.9 Å². The van der Waals surface area contributed by atoms with Crippen LogP contribution in [0.15, 0.2) is 30.3 Å². The van der Waals surface area contributed by atoms with Gasteiger partial charge in [0, 0.05) is 11.0 Å². The average Bonchev–Trinajstić information content (AvgIpc) is 2.65. The molecule has 0 N–H and O–H groups in total. The molecule has 4 aliphatic rings. The van der Waals surface area contributed by atoms with Crippen molar-refractivity contribution >= 4 is 23.3 Å². The molecule has 27 heavy (non-hydrogen) atoms. The van der Waals surface area contributed by atoms with E-state index in [0.29, 0.717) is 23.3 Å². The van der Waals surface area contributed by atoms with Crippen molar-refractivity contribution in [3.05, 3.63) is 35.9 Å². The molecule has 0 aliphatic heterocycles. The first-order chi connectivity index (χ1) is 12.9. The monoisotopic (exact) mass is 368 g/mol. The number of rotatable bonds is 7. The van der Waals surface area contributed by atoms with Gasteiger partial charge in [0.15, 0.2) is 18.2 Å². The molecule has 142 valence electrons. The minimum absolute atomic E-state index is 0.0443. The molecule has 0 radical (unpaired) electrons. The third-order valence-corrected chi connectivity index (χ3v) is 6.61. The highest BCUT2D eigenvalue weighted by molar-refractivity contribution is 6.38. The highest BCUT2D eigenvalue weighted by Crippen LogP contribution is 2.60. The maximum atomic E-state index is 12.8. The number of carbonyl (C=O) groups is 4. The van der Waals surface area contributed by atoms with Crippen LogP contribution in [0.25, 0.3) is 0 Å². The van der Waals surface area contributed by atoms with Crippen molar-refractivity contribution in [3.63, 3.8) is 0 Å². The molecule has 0 atom stereocenters. The molecule has 0 saturated heterocycles. The van der Waals surface area contributed by atoms with Gasteiger partial charge in [0.05, 0.1) is 6.42 Å². The number of ether oxygens (including phenoxy) is 1. The highest BCUT2D eigenvalue weighted by atomic mass is 16.5. The third kappa shape index (κ3) is 3.60. The van der Waals surface area contributed by atoms with E-state index in [1.54, 1.807) is 30.3 Å². The second-order valence-electron chi connectivity index (χ2n) is 8.59. The summed E-state index contributed by atoms with van der Waals surface area (Å²) in [6.07, 6.45) is 5.85. The molecule has 4 fully saturated rings. The van der Waals surface area contributed by atoms with Gasteiger partial charge in [0.25, 0.3) is 0 Å². The van der Waals surface area contributed by atoms with E-state index < -0.39 is 24.0 Å². The Hall–Kier alpha value is -2.30. The molecule has 0 spiro atoms. The minimum Gasteiger partial charge on any atom is -0.452 e. The fourth-order valence-corrected chi connectivity index (χ4v) is 5.76. The molecule has 5 rings (SSSR count). The zero-order valence-corrected chi connectivity index (χ0v) is 15.3. The van der Waals surface area contributed by atoms with Crippen molar-refractivity contribution in [1.29, 1.82) is 0 Å². The van der Waals surface area contributed by atoms with Crippen molar-refractivity contribution in [2.75, 3.05) is 6.61 Å². The first kappa shape index (κ1) is 18.1. The Balaban J connectivity index is 1.31. The number of esters is 1. The zero-order valence-electron chi connectivity index (χ0n) is 15.3. The van der Waals surface area contributed by atoms with Crippen LogP contribution in [0.2, 0.25) is 0 Å². The van der Waals surface area contributed by atoms with E-state index >= 15 is 0 Å². The number of benzene rings is 1. The van der Waals surface area contributed by atoms with Crippen LogP contribution in [0, 0.1) is 23.2 Å². The lowest BCUT2D eigenvalue weighted by molar-refractivity contribution is -0.161. The Morgan fingerprint density at radius 1 is 0.889 bits per heavy atom. The zero-order chi connectivity index (χ0) is 19.0. The number of carbonyl (C=O) groups excluding carboxylic acids is 4. The van der Waals surface area contributed by atoms with Gasteiger partial charge in [-0.05, 0) is 56.3 Å². The summed E-state index contributed by atoms with van der Waals surface area (Å²) >= 11 is 0. The molecule has 5 heteroatoms. The molecule has 4 bridgehead atoms. The van der Waals surface area contributed by atoms with E-state index in [2.05, 4.69) is 0 Å². The Morgan fingerprint density at radius 3 is 2.00 bits per heavy atom. The summed E-state index contributed by atoms with van der Waals surface area (Å²) in [7, 11) is 0. The van der Waals surface area contributed by atoms with Gasteiger partial charge in [-0.15, -0.1) is 0 Å². The van der Waals surface area contributed by atoms with Gasteiger partial charge in [0.2, 0.25) is 5.78 Å². The van der Waals surface area contributed by atoms with Gasteiger partial charge < -0.3 is 4.74 Å². The summed E-state index contributed by atoms with van der Waals surface area (Å²) in [5.41, 5.74) is 0.0288. The van der Waals surface area contributed by atoms with Crippen LogP contribution >= 0.6 is 0 Å². The van der Waals surface area contributed by atoms with E-state index in [-0.39, 0.29) is 17.8 Å². The van der Waals surface area contributed by atoms with E-state index in [1.807, 2.05) is 0 Å². The number of hydrogen-bond donors (Lipinski definition) is 0. The molecule has 4 aliphatic carbocycles. The molecule has 0 aromatic heterocycles. The Labute approximate surface area is 158 Å². The predicted molar refractivity (Wildman–Crippen MR) is 97.0 cm³/mol. The highest BCUT2D eigenvalue weighted by Gasteiger charge is 2.54. The maximum Gasteiger partial charge on any atom is 0.375 e. The first-order valence-corrected chi connectivity index (χ1v) is 9.77. The minimum atomic E-state index is -1.09. The Bertz CT molecular complexity index is 744. The largest absolute Gasteiger partial charge is 0.452 e. The molecule has 0 unspecified atom stereocenters. The van der Waals surface area contributed by atoms with E-state index in [4.69, 9.17) is 4.74 Å². The second-order valence-corrected chi connectivity index (χ2v) is 8.59. The van der Waals surface area contributed by atoms with Gasteiger partial charge in [-0.1, -0.05) is 30.3 Å². The molecule has 1 aromatic carbocycles. The SMILES string of the molecule is O=C(CC(=O)c1ccccc1)C(=O)OCC(=O)C12CC3CC(CC(C3)C1)C2. The molecule has 0 amide bonds. The summed E-state index contributed by atoms with van der Waals surface area (Å²) in [5.74, 6) is -0.579. The summed E-state index contributed by atoms with van der Waals surface area (Å²) in [6, 6.07) is 8.35. The Morgan fingerprint density at radius 2 is 1.44 bits per heavy atom. The molecule has 4 saturated carbocycles. The number of Topliss-reactive ketones (excluding diaryl/α,β-unsaturated/α-hetero) is 3. The quantitative estimate of drug-likeness (QED) is 0.320. The second kappa shape index (κ2) is 7.02. The number of hydrogen-bond acceptors (Lipinski definition) is 5. The fraction of sp³-hybridized carbons (Fsp3) is 0.545. The summed E-state index contributed by atoms with van der Waals surface area (Å²) < 4.78 is 5.00. The molecule has 5 nitrogen and oxygen atoms in total. The van der Waals surface area contributed by atoms with E-state index in [1.165, 1.54) is 19.3 Å². The molecular formula is C22H24O5. The van der Waals surface area contributed by atoms with Crippen LogP contribution in [0.1, 0.15) is 55.3 Å². The normalized spacial score (nSPS) is 30.7. The topological polar surface area (TPSA) is 77.5 Å². The predicted octanol–water partition coefficient (Wildman–Crippen LogP) is 3.16. The van der Waals surface area contributed by atoms with Gasteiger partial charge in [-0.25, -0.2) is 4.79 Å². The lowest BCUT2D eigenvalue weighted by atomic mass is 9.48. The smallest absolute Gasteiger partial charge is 0.375 e. The van der Waals surface area contributed by atoms with Crippen molar-refractivity contribution in [1.82, 2.24) is 0 Å². The van der Waals surface area contributed by atoms with Crippen LogP contribution in [0.3, 0.4) is 0 Å². The average molecular weight is 368 g/mol. The van der Waals surface area contributed by atoms with Crippen LogP contribution in [0.4, 0.5) is 0 Å². The molecular weight excluding hydrogens is 344 g/mol. The van der Waals surface area contributed by atoms with Crippen molar-refractivity contribution in [2.24, 2.45) is 23.2 Å².